The molecule has 0 amide bonds. The topological polar surface area (TPSA) is 13.1 Å². The van der Waals surface area contributed by atoms with Crippen molar-refractivity contribution in [3.8, 4) is 44.5 Å². The van der Waals surface area contributed by atoms with Crippen LogP contribution in [0.3, 0.4) is 0 Å². The minimum Gasteiger partial charge on any atom is -0.455 e. The summed E-state index contributed by atoms with van der Waals surface area (Å²) in [5.41, 5.74) is 18.4. The van der Waals surface area contributed by atoms with Crippen LogP contribution in [-0.2, 0) is 5.41 Å². The molecular formula is C48H30O. The van der Waals surface area contributed by atoms with E-state index in [0.717, 1.165) is 16.6 Å². The second-order valence-electron chi connectivity index (χ2n) is 13.6. The molecule has 1 heteroatoms. The Balaban J connectivity index is 1.14. The highest BCUT2D eigenvalue weighted by molar-refractivity contribution is 6.19. The third-order valence-corrected chi connectivity index (χ3v) is 11.2. The van der Waals surface area contributed by atoms with Crippen molar-refractivity contribution in [3.63, 3.8) is 0 Å². The van der Waals surface area contributed by atoms with Crippen molar-refractivity contribution in [1.29, 1.82) is 0 Å². The standard InChI is InChI=1S/C48H30O/c1-29-12-10-23-45-46(29)40-28-39(33-15-2-3-19-38(33)47(40)49-45)32-14-11-13-30(26-32)31-24-25-37-36-18-6-9-22-43(36)48(44(37)27-31)41-20-7-4-16-34(41)35-17-5-8-21-42(35)48/h2-28H,1H3. The van der Waals surface area contributed by atoms with Crippen LogP contribution in [0.2, 0.25) is 0 Å². The number of hydrogen-bond acceptors (Lipinski definition) is 1. The van der Waals surface area contributed by atoms with Crippen LogP contribution in [-0.4, -0.2) is 0 Å². The molecule has 0 fully saturated rings. The van der Waals surface area contributed by atoms with Gasteiger partial charge in [-0.25, -0.2) is 0 Å². The molecule has 1 aromatic heterocycles. The van der Waals surface area contributed by atoms with Crippen molar-refractivity contribution in [2.75, 3.05) is 0 Å². The summed E-state index contributed by atoms with van der Waals surface area (Å²) in [7, 11) is 0. The Kier molecular flexibility index (Phi) is 5.31. The summed E-state index contributed by atoms with van der Waals surface area (Å²) in [6.45, 7) is 2.17. The van der Waals surface area contributed by atoms with Gasteiger partial charge in [0.05, 0.1) is 5.41 Å². The van der Waals surface area contributed by atoms with E-state index < -0.39 is 0 Å². The number of aryl methyl sites for hydroxylation is 1. The van der Waals surface area contributed by atoms with Crippen LogP contribution in [0.15, 0.2) is 168 Å². The summed E-state index contributed by atoms with van der Waals surface area (Å²) in [6.07, 6.45) is 0. The zero-order valence-electron chi connectivity index (χ0n) is 27.0. The van der Waals surface area contributed by atoms with Crippen LogP contribution >= 0.6 is 0 Å². The Morgan fingerprint density at radius 3 is 1.67 bits per heavy atom. The predicted molar refractivity (Wildman–Crippen MR) is 203 cm³/mol. The van der Waals surface area contributed by atoms with Gasteiger partial charge in [-0.05, 0) is 109 Å². The highest BCUT2D eigenvalue weighted by Gasteiger charge is 2.51. The highest BCUT2D eigenvalue weighted by atomic mass is 16.3. The monoisotopic (exact) mass is 622 g/mol. The first-order chi connectivity index (χ1) is 24.2. The summed E-state index contributed by atoms with van der Waals surface area (Å²) in [5, 5.41) is 4.71. The normalized spacial score (nSPS) is 13.6. The molecule has 0 saturated heterocycles. The summed E-state index contributed by atoms with van der Waals surface area (Å²) in [4.78, 5) is 0. The Labute approximate surface area is 284 Å². The van der Waals surface area contributed by atoms with Gasteiger partial charge in [-0.15, -0.1) is 0 Å². The van der Waals surface area contributed by atoms with E-state index >= 15 is 0 Å². The van der Waals surface area contributed by atoms with E-state index in [1.54, 1.807) is 0 Å². The molecule has 0 atom stereocenters. The first-order valence-corrected chi connectivity index (χ1v) is 17.1. The van der Waals surface area contributed by atoms with Crippen molar-refractivity contribution >= 4 is 32.7 Å². The Morgan fingerprint density at radius 2 is 0.959 bits per heavy atom. The SMILES string of the molecule is Cc1cccc2oc3c4ccccc4c(-c4cccc(-c5ccc6c(c5)C5(c7ccccc7-c7ccccc75)c5ccccc5-6)c4)cc3c12. The average molecular weight is 623 g/mol. The summed E-state index contributed by atoms with van der Waals surface area (Å²) in [6, 6.07) is 60.6. The molecule has 9 aromatic rings. The molecule has 1 heterocycles. The Bertz CT molecular complexity index is 2780. The van der Waals surface area contributed by atoms with Crippen LogP contribution in [0.5, 0.6) is 0 Å². The molecule has 2 aliphatic rings. The van der Waals surface area contributed by atoms with Gasteiger partial charge in [-0.2, -0.15) is 0 Å². The molecule has 49 heavy (non-hydrogen) atoms. The molecule has 228 valence electrons. The maximum absolute atomic E-state index is 6.50. The quantitative estimate of drug-likeness (QED) is 0.187. The van der Waals surface area contributed by atoms with Gasteiger partial charge in [-0.1, -0.05) is 140 Å². The molecule has 1 nitrogen and oxygen atoms in total. The Hall–Kier alpha value is -6.18. The van der Waals surface area contributed by atoms with Gasteiger partial charge in [0, 0.05) is 16.2 Å². The molecule has 0 unspecified atom stereocenters. The number of hydrogen-bond donors (Lipinski definition) is 0. The van der Waals surface area contributed by atoms with Crippen molar-refractivity contribution in [2.24, 2.45) is 0 Å². The van der Waals surface area contributed by atoms with Gasteiger partial charge < -0.3 is 4.42 Å². The van der Waals surface area contributed by atoms with Crippen molar-refractivity contribution in [1.82, 2.24) is 0 Å². The van der Waals surface area contributed by atoms with Crippen LogP contribution in [0, 0.1) is 6.92 Å². The average Bonchev–Trinajstić information content (AvgIpc) is 3.79. The van der Waals surface area contributed by atoms with E-state index in [2.05, 4.69) is 171 Å². The highest BCUT2D eigenvalue weighted by Crippen LogP contribution is 2.63. The third-order valence-electron chi connectivity index (χ3n) is 11.2. The van der Waals surface area contributed by atoms with Crippen molar-refractivity contribution in [2.45, 2.75) is 12.3 Å². The maximum Gasteiger partial charge on any atom is 0.143 e. The number of rotatable bonds is 2. The lowest BCUT2D eigenvalue weighted by molar-refractivity contribution is 0.672. The maximum atomic E-state index is 6.50. The van der Waals surface area contributed by atoms with Crippen LogP contribution in [0.4, 0.5) is 0 Å². The molecule has 0 saturated carbocycles. The molecule has 1 spiro atoms. The van der Waals surface area contributed by atoms with Crippen molar-refractivity contribution < 1.29 is 4.42 Å². The molecule has 0 radical (unpaired) electrons. The first kappa shape index (κ1) is 26.8. The molecule has 11 rings (SSSR count). The smallest absolute Gasteiger partial charge is 0.143 e. The van der Waals surface area contributed by atoms with E-state index in [-0.39, 0.29) is 5.41 Å². The summed E-state index contributed by atoms with van der Waals surface area (Å²) < 4.78 is 6.50. The third kappa shape index (κ3) is 3.44. The zero-order valence-corrected chi connectivity index (χ0v) is 27.0. The van der Waals surface area contributed by atoms with Gasteiger partial charge in [-0.3, -0.25) is 0 Å². The number of fused-ring (bicyclic) bond motifs is 15. The molecule has 2 aliphatic carbocycles. The van der Waals surface area contributed by atoms with Gasteiger partial charge in [0.25, 0.3) is 0 Å². The lowest BCUT2D eigenvalue weighted by atomic mass is 9.70. The van der Waals surface area contributed by atoms with Crippen LogP contribution in [0.1, 0.15) is 27.8 Å². The van der Waals surface area contributed by atoms with E-state index in [4.69, 9.17) is 4.42 Å². The van der Waals surface area contributed by atoms with Gasteiger partial charge in [0.15, 0.2) is 0 Å². The van der Waals surface area contributed by atoms with E-state index in [1.807, 2.05) is 0 Å². The van der Waals surface area contributed by atoms with E-state index in [9.17, 15) is 0 Å². The fourth-order valence-electron chi connectivity index (χ4n) is 9.20. The van der Waals surface area contributed by atoms with Crippen LogP contribution in [0.25, 0.3) is 77.2 Å². The zero-order chi connectivity index (χ0) is 32.3. The molecule has 0 N–H and O–H groups in total. The van der Waals surface area contributed by atoms with E-state index in [1.165, 1.54) is 88.5 Å². The number of benzene rings is 8. The van der Waals surface area contributed by atoms with Gasteiger partial charge in [0.2, 0.25) is 0 Å². The molecule has 8 aromatic carbocycles. The summed E-state index contributed by atoms with van der Waals surface area (Å²) >= 11 is 0. The lowest BCUT2D eigenvalue weighted by Crippen LogP contribution is -2.25. The van der Waals surface area contributed by atoms with Crippen LogP contribution < -0.4 is 0 Å². The molecular weight excluding hydrogens is 593 g/mol. The van der Waals surface area contributed by atoms with E-state index in [0.29, 0.717) is 0 Å². The number of furan rings is 1. The first-order valence-electron chi connectivity index (χ1n) is 17.1. The largest absolute Gasteiger partial charge is 0.455 e. The minimum absolute atomic E-state index is 0.353. The predicted octanol–water partition coefficient (Wildman–Crippen LogP) is 12.7. The fraction of sp³-hybridized carbons (Fsp3) is 0.0417. The Morgan fingerprint density at radius 1 is 0.388 bits per heavy atom. The molecule has 0 bridgehead atoms. The second-order valence-corrected chi connectivity index (χ2v) is 13.6. The van der Waals surface area contributed by atoms with Gasteiger partial charge in [0.1, 0.15) is 11.2 Å². The van der Waals surface area contributed by atoms with Gasteiger partial charge >= 0.3 is 0 Å². The second kappa shape index (κ2) is 9.69. The fourth-order valence-corrected chi connectivity index (χ4v) is 9.20. The summed E-state index contributed by atoms with van der Waals surface area (Å²) in [5.74, 6) is 0. The molecule has 0 aliphatic heterocycles. The van der Waals surface area contributed by atoms with Crippen molar-refractivity contribution in [3.05, 3.63) is 192 Å². The lowest BCUT2D eigenvalue weighted by Gasteiger charge is -2.30. The minimum atomic E-state index is -0.353.